The number of aryl methyl sites for hydroxylation is 1. The number of hydrogen-bond donors (Lipinski definition) is 1. The van der Waals surface area contributed by atoms with Gasteiger partial charge >= 0.3 is 5.56 Å². The molecule has 1 heterocycles. The molecule has 0 amide bonds. The van der Waals surface area contributed by atoms with Gasteiger partial charge in [0.05, 0.1) is 13.2 Å². The van der Waals surface area contributed by atoms with E-state index in [4.69, 9.17) is 4.74 Å². The molecule has 5 nitrogen and oxygen atoms in total. The van der Waals surface area contributed by atoms with Gasteiger partial charge in [0.2, 0.25) is 11.8 Å². The third-order valence-electron chi connectivity index (χ3n) is 4.12. The van der Waals surface area contributed by atoms with Crippen molar-refractivity contribution in [3.63, 3.8) is 0 Å². The Bertz CT molecular complexity index is 1120. The fourth-order valence-electron chi connectivity index (χ4n) is 2.70. The summed E-state index contributed by atoms with van der Waals surface area (Å²) in [6, 6.07) is 5.85. The van der Waals surface area contributed by atoms with Crippen LogP contribution in [0, 0.1) is 30.2 Å². The van der Waals surface area contributed by atoms with E-state index in [2.05, 4.69) is 10.3 Å². The molecule has 1 aromatic heterocycles. The van der Waals surface area contributed by atoms with E-state index in [0.717, 1.165) is 24.4 Å². The smallest absolute Gasteiger partial charge is 0.310 e. The van der Waals surface area contributed by atoms with Gasteiger partial charge in [-0.1, -0.05) is 6.07 Å². The summed E-state index contributed by atoms with van der Waals surface area (Å²) in [6.45, 7) is 3.59. The Kier molecular flexibility index (Phi) is 5.86. The molecule has 0 aliphatic carbocycles. The molecule has 29 heavy (non-hydrogen) atoms. The number of nitrogens with one attached hydrogen (secondary N) is 1. The van der Waals surface area contributed by atoms with Gasteiger partial charge in [-0.05, 0) is 43.2 Å². The molecule has 0 radical (unpaired) electrons. The van der Waals surface area contributed by atoms with Crippen molar-refractivity contribution in [2.45, 2.75) is 20.4 Å². The van der Waals surface area contributed by atoms with E-state index in [1.165, 1.54) is 16.7 Å². The monoisotopic (exact) mass is 407 g/mol. The van der Waals surface area contributed by atoms with Crippen molar-refractivity contribution in [2.24, 2.45) is 0 Å². The van der Waals surface area contributed by atoms with E-state index in [9.17, 15) is 22.4 Å². The van der Waals surface area contributed by atoms with E-state index < -0.39 is 28.8 Å². The summed E-state index contributed by atoms with van der Waals surface area (Å²) >= 11 is 0. The summed E-state index contributed by atoms with van der Waals surface area (Å²) in [7, 11) is 0. The number of ether oxygens (including phenoxy) is 1. The molecule has 0 aliphatic rings. The van der Waals surface area contributed by atoms with E-state index in [1.54, 1.807) is 13.8 Å². The SMILES string of the molecule is CCOc1cc(C)c(Nc2nc(=O)c(F)cn2Cc2ccc(F)c(F)c2)cc1F. The first kappa shape index (κ1) is 20.4. The van der Waals surface area contributed by atoms with Crippen LogP contribution in [0.4, 0.5) is 29.2 Å². The summed E-state index contributed by atoms with van der Waals surface area (Å²) in [4.78, 5) is 15.3. The van der Waals surface area contributed by atoms with Crippen LogP contribution in [0.15, 0.2) is 41.3 Å². The molecule has 3 rings (SSSR count). The van der Waals surface area contributed by atoms with Gasteiger partial charge in [-0.15, -0.1) is 0 Å². The average Bonchev–Trinajstić information content (AvgIpc) is 2.66. The van der Waals surface area contributed by atoms with Gasteiger partial charge in [-0.25, -0.2) is 13.2 Å². The van der Waals surface area contributed by atoms with Gasteiger partial charge in [-0.3, -0.25) is 4.79 Å². The Labute approximate surface area is 163 Å². The lowest BCUT2D eigenvalue weighted by Gasteiger charge is -2.16. The van der Waals surface area contributed by atoms with Crippen LogP contribution in [0.3, 0.4) is 0 Å². The molecule has 2 aromatic carbocycles. The van der Waals surface area contributed by atoms with Crippen LogP contribution in [0.2, 0.25) is 0 Å². The lowest BCUT2D eigenvalue weighted by Crippen LogP contribution is -2.20. The zero-order valence-corrected chi connectivity index (χ0v) is 15.6. The number of aromatic nitrogens is 2. The molecule has 152 valence electrons. The van der Waals surface area contributed by atoms with Gasteiger partial charge in [0.25, 0.3) is 0 Å². The van der Waals surface area contributed by atoms with Crippen LogP contribution < -0.4 is 15.6 Å². The van der Waals surface area contributed by atoms with Crippen molar-refractivity contribution >= 4 is 11.6 Å². The zero-order valence-electron chi connectivity index (χ0n) is 15.6. The highest BCUT2D eigenvalue weighted by Crippen LogP contribution is 2.27. The number of hydrogen-bond acceptors (Lipinski definition) is 4. The minimum absolute atomic E-state index is 0.0711. The second-order valence-electron chi connectivity index (χ2n) is 6.25. The summed E-state index contributed by atoms with van der Waals surface area (Å²) in [5, 5.41) is 2.79. The van der Waals surface area contributed by atoms with Crippen molar-refractivity contribution < 1.29 is 22.3 Å². The van der Waals surface area contributed by atoms with E-state index in [0.29, 0.717) is 11.1 Å². The van der Waals surface area contributed by atoms with Crippen LogP contribution in [-0.4, -0.2) is 16.2 Å². The summed E-state index contributed by atoms with van der Waals surface area (Å²) in [5.74, 6) is -3.84. The molecule has 0 saturated carbocycles. The average molecular weight is 407 g/mol. The van der Waals surface area contributed by atoms with Crippen LogP contribution in [0.5, 0.6) is 5.75 Å². The quantitative estimate of drug-likeness (QED) is 0.619. The maximum Gasteiger partial charge on any atom is 0.310 e. The number of rotatable bonds is 6. The normalized spacial score (nSPS) is 10.8. The van der Waals surface area contributed by atoms with E-state index >= 15 is 0 Å². The minimum atomic E-state index is -1.12. The summed E-state index contributed by atoms with van der Waals surface area (Å²) in [6.07, 6.45) is 0.888. The molecule has 3 aromatic rings. The van der Waals surface area contributed by atoms with Gasteiger partial charge in [-0.2, -0.15) is 9.37 Å². The van der Waals surface area contributed by atoms with Crippen molar-refractivity contribution in [3.05, 3.63) is 81.3 Å². The Morgan fingerprint density at radius 3 is 2.48 bits per heavy atom. The molecule has 1 N–H and O–H groups in total. The molecule has 0 aliphatic heterocycles. The third-order valence-corrected chi connectivity index (χ3v) is 4.12. The number of halogens is 4. The maximum absolute atomic E-state index is 14.2. The van der Waals surface area contributed by atoms with Gasteiger partial charge in [0.1, 0.15) is 0 Å². The third kappa shape index (κ3) is 4.56. The first-order valence-corrected chi connectivity index (χ1v) is 8.69. The molecule has 0 fully saturated rings. The maximum atomic E-state index is 14.2. The summed E-state index contributed by atoms with van der Waals surface area (Å²) < 4.78 is 61.0. The Hall–Kier alpha value is -3.36. The highest BCUT2D eigenvalue weighted by molar-refractivity contribution is 5.60. The topological polar surface area (TPSA) is 56.1 Å². The molecule has 0 unspecified atom stereocenters. The van der Waals surface area contributed by atoms with Crippen LogP contribution in [0.1, 0.15) is 18.1 Å². The Balaban J connectivity index is 1.99. The highest BCUT2D eigenvalue weighted by Gasteiger charge is 2.14. The van der Waals surface area contributed by atoms with Crippen LogP contribution in [-0.2, 0) is 6.54 Å². The number of anilines is 2. The highest BCUT2D eigenvalue weighted by atomic mass is 19.2. The molecule has 9 heteroatoms. The first-order valence-electron chi connectivity index (χ1n) is 8.69. The Morgan fingerprint density at radius 1 is 1.03 bits per heavy atom. The van der Waals surface area contributed by atoms with Crippen molar-refractivity contribution in [2.75, 3.05) is 11.9 Å². The van der Waals surface area contributed by atoms with Crippen molar-refractivity contribution in [1.29, 1.82) is 0 Å². The molecule has 0 spiro atoms. The predicted octanol–water partition coefficient (Wildman–Crippen LogP) is 4.30. The summed E-state index contributed by atoms with van der Waals surface area (Å²) in [5.41, 5.74) is 0.0702. The standard InChI is InChI=1S/C20H17F4N3O2/c1-3-29-18-6-11(2)17(8-15(18)23)25-20-26-19(28)16(24)10-27(20)9-12-4-5-13(21)14(22)7-12/h4-8,10H,3,9H2,1-2H3,(H,25,26,28). The molecule has 0 atom stereocenters. The number of benzene rings is 2. The lowest BCUT2D eigenvalue weighted by molar-refractivity contribution is 0.321. The molecule has 0 bridgehead atoms. The number of nitrogens with zero attached hydrogens (tertiary/aromatic N) is 2. The van der Waals surface area contributed by atoms with Crippen LogP contribution in [0.25, 0.3) is 0 Å². The van der Waals surface area contributed by atoms with Gasteiger partial charge in [0, 0.05) is 18.0 Å². The zero-order chi connectivity index (χ0) is 21.1. The largest absolute Gasteiger partial charge is 0.491 e. The van der Waals surface area contributed by atoms with Gasteiger partial charge < -0.3 is 14.6 Å². The minimum Gasteiger partial charge on any atom is -0.491 e. The second kappa shape index (κ2) is 8.34. The fraction of sp³-hybridized carbons (Fsp3) is 0.200. The Morgan fingerprint density at radius 2 is 1.79 bits per heavy atom. The molecule has 0 saturated heterocycles. The first-order chi connectivity index (χ1) is 13.8. The fourth-order valence-corrected chi connectivity index (χ4v) is 2.70. The lowest BCUT2D eigenvalue weighted by atomic mass is 10.2. The van der Waals surface area contributed by atoms with E-state index in [1.807, 2.05) is 0 Å². The van der Waals surface area contributed by atoms with Gasteiger partial charge in [0.15, 0.2) is 23.2 Å². The van der Waals surface area contributed by atoms with Crippen LogP contribution >= 0.6 is 0 Å². The van der Waals surface area contributed by atoms with Crippen molar-refractivity contribution in [3.8, 4) is 5.75 Å². The van der Waals surface area contributed by atoms with Crippen molar-refractivity contribution in [1.82, 2.24) is 9.55 Å². The molecular weight excluding hydrogens is 390 g/mol. The predicted molar refractivity (Wildman–Crippen MR) is 99.5 cm³/mol. The van der Waals surface area contributed by atoms with E-state index in [-0.39, 0.29) is 30.5 Å². The second-order valence-corrected chi connectivity index (χ2v) is 6.25. The molecular formula is C20H17F4N3O2.